The van der Waals surface area contributed by atoms with Gasteiger partial charge in [-0.3, -0.25) is 4.98 Å². The molecule has 7 nitrogen and oxygen atoms in total. The monoisotopic (exact) mass is 373 g/mol. The number of nitrogens with zero attached hydrogens (tertiary/aromatic N) is 5. The summed E-state index contributed by atoms with van der Waals surface area (Å²) in [5, 5.41) is 2.99. The van der Waals surface area contributed by atoms with Gasteiger partial charge in [0.2, 0.25) is 11.9 Å². The first-order chi connectivity index (χ1) is 12.9. The van der Waals surface area contributed by atoms with E-state index in [9.17, 15) is 13.2 Å². The quantitative estimate of drug-likeness (QED) is 0.721. The highest BCUT2D eigenvalue weighted by atomic mass is 19.4. The summed E-state index contributed by atoms with van der Waals surface area (Å²) in [5.41, 5.74) is 6.30. The lowest BCUT2D eigenvalue weighted by Gasteiger charge is -2.09. The van der Waals surface area contributed by atoms with Gasteiger partial charge in [0.1, 0.15) is 11.4 Å². The molecule has 0 atom stereocenters. The van der Waals surface area contributed by atoms with Gasteiger partial charge in [0, 0.05) is 23.5 Å². The smallest absolute Gasteiger partial charge is 0.368 e. The first-order valence-corrected chi connectivity index (χ1v) is 8.17. The predicted molar refractivity (Wildman–Crippen MR) is 92.0 cm³/mol. The molecule has 3 N–H and O–H groups in total. The van der Waals surface area contributed by atoms with Crippen LogP contribution < -0.4 is 11.1 Å². The van der Waals surface area contributed by atoms with Crippen LogP contribution in [0.15, 0.2) is 36.5 Å². The lowest BCUT2D eigenvalue weighted by molar-refractivity contribution is -0.141. The highest BCUT2D eigenvalue weighted by molar-refractivity contribution is 5.58. The van der Waals surface area contributed by atoms with E-state index in [4.69, 9.17) is 5.73 Å². The van der Waals surface area contributed by atoms with Crippen LogP contribution in [0.4, 0.5) is 30.8 Å². The van der Waals surface area contributed by atoms with E-state index in [1.54, 1.807) is 12.3 Å². The largest absolute Gasteiger partial charge is 0.433 e. The molecule has 1 aliphatic carbocycles. The molecule has 3 aromatic heterocycles. The molecular weight excluding hydrogens is 359 g/mol. The maximum absolute atomic E-state index is 12.9. The number of nitrogens with one attached hydrogen (secondary N) is 1. The molecule has 0 radical (unpaired) electrons. The Bertz CT molecular complexity index is 986. The van der Waals surface area contributed by atoms with Crippen molar-refractivity contribution in [1.29, 1.82) is 0 Å². The van der Waals surface area contributed by atoms with Gasteiger partial charge in [-0.05, 0) is 37.1 Å². The fraction of sp³-hybridized carbons (Fsp3) is 0.235. The van der Waals surface area contributed by atoms with Gasteiger partial charge in [-0.15, -0.1) is 0 Å². The molecule has 1 aliphatic rings. The summed E-state index contributed by atoms with van der Waals surface area (Å²) in [6, 6.07) is 7.13. The number of hydrogen-bond acceptors (Lipinski definition) is 7. The minimum absolute atomic E-state index is 0.0460. The second kappa shape index (κ2) is 6.45. The van der Waals surface area contributed by atoms with Crippen molar-refractivity contribution in [3.8, 4) is 11.5 Å². The topological polar surface area (TPSA) is 102 Å². The zero-order valence-corrected chi connectivity index (χ0v) is 13.9. The van der Waals surface area contributed by atoms with Crippen molar-refractivity contribution >= 4 is 17.6 Å². The number of nitrogens with two attached hydrogens (primary N) is 1. The normalized spacial score (nSPS) is 14.2. The molecule has 3 heterocycles. The first-order valence-electron chi connectivity index (χ1n) is 8.17. The Morgan fingerprint density at radius 2 is 1.85 bits per heavy atom. The van der Waals surface area contributed by atoms with Crippen LogP contribution in [0.1, 0.15) is 30.1 Å². The summed E-state index contributed by atoms with van der Waals surface area (Å²) < 4.78 is 38.6. The van der Waals surface area contributed by atoms with Crippen LogP contribution in [0.2, 0.25) is 0 Å². The number of halogens is 3. The highest BCUT2D eigenvalue weighted by Gasteiger charge is 2.32. The van der Waals surface area contributed by atoms with Crippen molar-refractivity contribution in [3.63, 3.8) is 0 Å². The maximum Gasteiger partial charge on any atom is 0.433 e. The van der Waals surface area contributed by atoms with Crippen molar-refractivity contribution in [1.82, 2.24) is 24.9 Å². The predicted octanol–water partition coefficient (Wildman–Crippen LogP) is 3.55. The molecular formula is C17H14F3N7. The first kappa shape index (κ1) is 17.1. The third-order valence-electron chi connectivity index (χ3n) is 3.95. The summed E-state index contributed by atoms with van der Waals surface area (Å²) >= 11 is 0. The van der Waals surface area contributed by atoms with Crippen LogP contribution in [-0.4, -0.2) is 24.9 Å². The third kappa shape index (κ3) is 3.94. The Labute approximate surface area is 151 Å². The van der Waals surface area contributed by atoms with E-state index in [2.05, 4.69) is 30.2 Å². The number of nitrogen functional groups attached to an aromatic ring is 1. The summed E-state index contributed by atoms with van der Waals surface area (Å²) in [6.07, 6.45) is -0.664. The molecule has 10 heteroatoms. The summed E-state index contributed by atoms with van der Waals surface area (Å²) in [6.45, 7) is 0. The number of hydrogen-bond donors (Lipinski definition) is 2. The number of anilines is 3. The molecule has 0 spiro atoms. The van der Waals surface area contributed by atoms with Gasteiger partial charge < -0.3 is 11.1 Å². The molecule has 4 rings (SSSR count). The molecule has 3 aromatic rings. The molecule has 0 bridgehead atoms. The SMILES string of the molecule is Nc1nc(Nc2ccnc(C3CC3)c2)nc(-c2cccc(C(F)(F)F)n2)n1. The molecule has 1 saturated carbocycles. The number of pyridine rings is 2. The van der Waals surface area contributed by atoms with Crippen molar-refractivity contribution in [2.45, 2.75) is 24.9 Å². The lowest BCUT2D eigenvalue weighted by atomic mass is 10.2. The molecule has 1 fully saturated rings. The van der Waals surface area contributed by atoms with Crippen LogP contribution in [-0.2, 0) is 6.18 Å². The number of aromatic nitrogens is 5. The molecule has 0 aliphatic heterocycles. The van der Waals surface area contributed by atoms with Crippen molar-refractivity contribution in [2.75, 3.05) is 11.1 Å². The highest BCUT2D eigenvalue weighted by Crippen LogP contribution is 2.39. The summed E-state index contributed by atoms with van der Waals surface area (Å²) in [5.74, 6) is 0.412. The average molecular weight is 373 g/mol. The van der Waals surface area contributed by atoms with Crippen LogP contribution in [0, 0.1) is 0 Å². The molecule has 138 valence electrons. The van der Waals surface area contributed by atoms with Gasteiger partial charge >= 0.3 is 6.18 Å². The summed E-state index contributed by atoms with van der Waals surface area (Å²) in [4.78, 5) is 19.9. The average Bonchev–Trinajstić information content (AvgIpc) is 3.46. The molecule has 0 saturated heterocycles. The second-order valence-corrected chi connectivity index (χ2v) is 6.12. The van der Waals surface area contributed by atoms with Gasteiger partial charge in [0.05, 0.1) is 0 Å². The minimum Gasteiger partial charge on any atom is -0.368 e. The van der Waals surface area contributed by atoms with Gasteiger partial charge in [-0.25, -0.2) is 4.98 Å². The van der Waals surface area contributed by atoms with E-state index in [-0.39, 0.29) is 23.4 Å². The van der Waals surface area contributed by atoms with Crippen LogP contribution in [0.3, 0.4) is 0 Å². The fourth-order valence-corrected chi connectivity index (χ4v) is 2.54. The minimum atomic E-state index is -4.56. The van der Waals surface area contributed by atoms with E-state index in [1.165, 1.54) is 12.1 Å². The molecule has 0 aromatic carbocycles. The Hall–Kier alpha value is -3.30. The van der Waals surface area contributed by atoms with E-state index < -0.39 is 11.9 Å². The standard InChI is InChI=1S/C17H14F3N7/c18-17(19,20)13-3-1-2-11(24-13)14-25-15(21)27-16(26-14)23-10-6-7-22-12(8-10)9-4-5-9/h1-3,6-9H,4-5H2,(H3,21,22,23,25,26,27). The zero-order chi connectivity index (χ0) is 19.0. The van der Waals surface area contributed by atoms with Crippen molar-refractivity contribution in [3.05, 3.63) is 47.9 Å². The van der Waals surface area contributed by atoms with Crippen molar-refractivity contribution in [2.24, 2.45) is 0 Å². The Balaban J connectivity index is 1.65. The van der Waals surface area contributed by atoms with E-state index in [0.717, 1.165) is 24.6 Å². The molecule has 0 amide bonds. The molecule has 0 unspecified atom stereocenters. The summed E-state index contributed by atoms with van der Waals surface area (Å²) in [7, 11) is 0. The zero-order valence-electron chi connectivity index (χ0n) is 13.9. The third-order valence-corrected chi connectivity index (χ3v) is 3.95. The van der Waals surface area contributed by atoms with Gasteiger partial charge in [0.25, 0.3) is 0 Å². The van der Waals surface area contributed by atoms with Gasteiger partial charge in [-0.1, -0.05) is 6.07 Å². The van der Waals surface area contributed by atoms with Crippen LogP contribution in [0.5, 0.6) is 0 Å². The van der Waals surface area contributed by atoms with E-state index in [0.29, 0.717) is 11.6 Å². The second-order valence-electron chi connectivity index (χ2n) is 6.12. The lowest BCUT2D eigenvalue weighted by Crippen LogP contribution is -2.10. The van der Waals surface area contributed by atoms with Crippen molar-refractivity contribution < 1.29 is 13.2 Å². The Kier molecular flexibility index (Phi) is 4.09. The van der Waals surface area contributed by atoms with Crippen LogP contribution in [0.25, 0.3) is 11.5 Å². The maximum atomic E-state index is 12.9. The number of alkyl halides is 3. The fourth-order valence-electron chi connectivity index (χ4n) is 2.54. The Morgan fingerprint density at radius 3 is 2.59 bits per heavy atom. The van der Waals surface area contributed by atoms with E-state index in [1.807, 2.05) is 6.07 Å². The van der Waals surface area contributed by atoms with Gasteiger partial charge in [-0.2, -0.15) is 28.1 Å². The van der Waals surface area contributed by atoms with Crippen LogP contribution >= 0.6 is 0 Å². The molecule has 27 heavy (non-hydrogen) atoms. The Morgan fingerprint density at radius 1 is 1.04 bits per heavy atom. The van der Waals surface area contributed by atoms with Gasteiger partial charge in [0.15, 0.2) is 5.82 Å². The van der Waals surface area contributed by atoms with E-state index >= 15 is 0 Å². The number of rotatable bonds is 4.